The van der Waals surface area contributed by atoms with Gasteiger partial charge in [-0.15, -0.1) is 0 Å². The van der Waals surface area contributed by atoms with Crippen molar-refractivity contribution in [2.24, 2.45) is 0 Å². The molecule has 1 aromatic carbocycles. The van der Waals surface area contributed by atoms with E-state index in [9.17, 15) is 9.90 Å². The summed E-state index contributed by atoms with van der Waals surface area (Å²) in [5.74, 6) is -0.482. The second-order valence-corrected chi connectivity index (χ2v) is 6.08. The van der Waals surface area contributed by atoms with Gasteiger partial charge in [0.15, 0.2) is 0 Å². The average molecular weight is 362 g/mol. The van der Waals surface area contributed by atoms with Gasteiger partial charge in [0, 0.05) is 17.5 Å². The monoisotopic (exact) mass is 362 g/mol. The number of carbonyl (C=O) groups excluding carboxylic acids is 1. The Morgan fingerprint density at radius 2 is 2.07 bits per heavy atom. The predicted molar refractivity (Wildman–Crippen MR) is 98.2 cm³/mol. The lowest BCUT2D eigenvalue weighted by molar-refractivity contribution is 0.0600. The Hall–Kier alpha value is -3.66. The Morgan fingerprint density at radius 3 is 2.67 bits per heavy atom. The van der Waals surface area contributed by atoms with E-state index in [0.29, 0.717) is 12.1 Å². The van der Waals surface area contributed by atoms with Crippen LogP contribution >= 0.6 is 0 Å². The molecule has 0 unspecified atom stereocenters. The van der Waals surface area contributed by atoms with Crippen LogP contribution in [0.5, 0.6) is 5.75 Å². The van der Waals surface area contributed by atoms with Crippen molar-refractivity contribution in [1.82, 2.24) is 14.8 Å². The molecule has 0 fully saturated rings. The lowest BCUT2D eigenvalue weighted by atomic mass is 10.0. The Morgan fingerprint density at radius 1 is 1.30 bits per heavy atom. The van der Waals surface area contributed by atoms with Crippen LogP contribution in [-0.2, 0) is 11.3 Å². The zero-order valence-corrected chi connectivity index (χ0v) is 15.2. The molecule has 3 aromatic rings. The Balaban J connectivity index is 1.91. The fourth-order valence-corrected chi connectivity index (χ4v) is 2.96. The van der Waals surface area contributed by atoms with Gasteiger partial charge in [0.1, 0.15) is 11.8 Å². The fourth-order valence-electron chi connectivity index (χ4n) is 2.96. The maximum atomic E-state index is 11.5. The smallest absolute Gasteiger partial charge is 0.339 e. The second-order valence-electron chi connectivity index (χ2n) is 6.08. The number of carbonyl (C=O) groups is 1. The summed E-state index contributed by atoms with van der Waals surface area (Å²) in [5, 5.41) is 23.5. The summed E-state index contributed by atoms with van der Waals surface area (Å²) in [6.07, 6.45) is 1.48. The third kappa shape index (κ3) is 3.51. The summed E-state index contributed by atoms with van der Waals surface area (Å²) in [5.41, 5.74) is 4.79. The molecule has 1 N–H and O–H groups in total. The zero-order valence-electron chi connectivity index (χ0n) is 15.2. The Kier molecular flexibility index (Phi) is 4.90. The highest BCUT2D eigenvalue weighted by Gasteiger charge is 2.16. The summed E-state index contributed by atoms with van der Waals surface area (Å²) in [7, 11) is 1.33. The standard InChI is InChI=1S/C20H18N4O3/c1-12-19(14-4-5-15(9-21)18(25)8-14)13(2)24(23-12)11-17-7-6-16(10-22-17)20(26)27-3/h4-8,10,25H,11H2,1-3H3. The third-order valence-corrected chi connectivity index (χ3v) is 4.35. The van der Waals surface area contributed by atoms with Gasteiger partial charge in [-0.3, -0.25) is 9.67 Å². The van der Waals surface area contributed by atoms with Crippen LogP contribution in [0.1, 0.15) is 33.0 Å². The van der Waals surface area contributed by atoms with Crippen LogP contribution in [0.25, 0.3) is 11.1 Å². The first-order valence-corrected chi connectivity index (χ1v) is 8.25. The third-order valence-electron chi connectivity index (χ3n) is 4.35. The number of aryl methyl sites for hydroxylation is 1. The number of phenolic OH excluding ortho intramolecular Hbond substituents is 1. The van der Waals surface area contributed by atoms with Gasteiger partial charge < -0.3 is 9.84 Å². The summed E-state index contributed by atoms with van der Waals surface area (Å²) in [6, 6.07) is 10.3. The molecular weight excluding hydrogens is 344 g/mol. The first kappa shape index (κ1) is 18.1. The molecule has 0 aliphatic heterocycles. The van der Waals surface area contributed by atoms with Crippen LogP contribution in [0.15, 0.2) is 36.5 Å². The number of ether oxygens (including phenoxy) is 1. The molecule has 136 valence electrons. The lowest BCUT2D eigenvalue weighted by Crippen LogP contribution is -2.07. The van der Waals surface area contributed by atoms with E-state index in [1.165, 1.54) is 13.3 Å². The minimum absolute atomic E-state index is 0.0541. The number of hydrogen-bond acceptors (Lipinski definition) is 6. The number of phenols is 1. The molecule has 0 atom stereocenters. The topological polar surface area (TPSA) is 101 Å². The molecule has 0 amide bonds. The number of hydrogen-bond donors (Lipinski definition) is 1. The van der Waals surface area contributed by atoms with E-state index in [4.69, 9.17) is 5.26 Å². The normalized spacial score (nSPS) is 10.4. The van der Waals surface area contributed by atoms with Crippen molar-refractivity contribution in [1.29, 1.82) is 5.26 Å². The molecule has 0 bridgehead atoms. The van der Waals surface area contributed by atoms with Crippen LogP contribution in [0.4, 0.5) is 0 Å². The summed E-state index contributed by atoms with van der Waals surface area (Å²) in [4.78, 5) is 15.8. The number of nitriles is 1. The summed E-state index contributed by atoms with van der Waals surface area (Å²) < 4.78 is 6.49. The predicted octanol–water partition coefficient (Wildman–Crippen LogP) is 2.97. The van der Waals surface area contributed by atoms with Crippen LogP contribution < -0.4 is 0 Å². The van der Waals surface area contributed by atoms with Gasteiger partial charge in [-0.05, 0) is 43.7 Å². The number of esters is 1. The van der Waals surface area contributed by atoms with Crippen molar-refractivity contribution in [2.45, 2.75) is 20.4 Å². The van der Waals surface area contributed by atoms with Crippen LogP contribution in [0.2, 0.25) is 0 Å². The van der Waals surface area contributed by atoms with Gasteiger partial charge in [0.2, 0.25) is 0 Å². The molecule has 0 spiro atoms. The quantitative estimate of drug-likeness (QED) is 0.716. The number of nitrogens with zero attached hydrogens (tertiary/aromatic N) is 4. The summed E-state index contributed by atoms with van der Waals surface area (Å²) >= 11 is 0. The van der Waals surface area contributed by atoms with E-state index in [1.54, 1.807) is 30.3 Å². The van der Waals surface area contributed by atoms with Crippen molar-refractivity contribution in [3.05, 3.63) is 64.7 Å². The fraction of sp³-hybridized carbons (Fsp3) is 0.200. The van der Waals surface area contributed by atoms with E-state index in [-0.39, 0.29) is 11.3 Å². The number of rotatable bonds is 4. The van der Waals surface area contributed by atoms with Crippen molar-refractivity contribution in [3.63, 3.8) is 0 Å². The zero-order chi connectivity index (χ0) is 19.6. The highest BCUT2D eigenvalue weighted by molar-refractivity contribution is 5.88. The minimum Gasteiger partial charge on any atom is -0.507 e. The molecule has 2 aromatic heterocycles. The molecule has 7 heteroatoms. The first-order valence-electron chi connectivity index (χ1n) is 8.25. The summed E-state index contributed by atoms with van der Waals surface area (Å²) in [6.45, 7) is 4.27. The Labute approximate surface area is 156 Å². The van der Waals surface area contributed by atoms with E-state index in [0.717, 1.165) is 28.2 Å². The second kappa shape index (κ2) is 7.30. The molecule has 0 saturated heterocycles. The Bertz CT molecular complexity index is 1050. The molecule has 0 aliphatic rings. The van der Waals surface area contributed by atoms with Gasteiger partial charge >= 0.3 is 5.97 Å². The van der Waals surface area contributed by atoms with Crippen LogP contribution in [-0.4, -0.2) is 33.0 Å². The van der Waals surface area contributed by atoms with E-state index >= 15 is 0 Å². The number of pyridine rings is 1. The van der Waals surface area contributed by atoms with E-state index in [1.807, 2.05) is 24.6 Å². The van der Waals surface area contributed by atoms with Crippen molar-refractivity contribution >= 4 is 5.97 Å². The minimum atomic E-state index is -0.428. The van der Waals surface area contributed by atoms with Crippen LogP contribution in [0.3, 0.4) is 0 Å². The molecule has 27 heavy (non-hydrogen) atoms. The van der Waals surface area contributed by atoms with E-state index < -0.39 is 5.97 Å². The SMILES string of the molecule is COC(=O)c1ccc(Cn2nc(C)c(-c3ccc(C#N)c(O)c3)c2C)nc1. The number of aromatic nitrogens is 3. The van der Waals surface area contributed by atoms with Gasteiger partial charge in [0.25, 0.3) is 0 Å². The van der Waals surface area contributed by atoms with Gasteiger partial charge in [-0.2, -0.15) is 10.4 Å². The maximum absolute atomic E-state index is 11.5. The van der Waals surface area contributed by atoms with Gasteiger partial charge in [-0.25, -0.2) is 4.79 Å². The molecule has 0 aliphatic carbocycles. The van der Waals surface area contributed by atoms with Gasteiger partial charge in [0.05, 0.1) is 36.2 Å². The number of aromatic hydroxyl groups is 1. The lowest BCUT2D eigenvalue weighted by Gasteiger charge is -2.07. The van der Waals surface area contributed by atoms with Crippen LogP contribution in [0, 0.1) is 25.2 Å². The molecule has 3 rings (SSSR count). The van der Waals surface area contributed by atoms with Crippen molar-refractivity contribution < 1.29 is 14.6 Å². The average Bonchev–Trinajstić information content (AvgIpc) is 2.95. The van der Waals surface area contributed by atoms with E-state index in [2.05, 4.69) is 14.8 Å². The molecule has 2 heterocycles. The van der Waals surface area contributed by atoms with Gasteiger partial charge in [-0.1, -0.05) is 6.07 Å². The van der Waals surface area contributed by atoms with Crippen molar-refractivity contribution in [2.75, 3.05) is 7.11 Å². The van der Waals surface area contributed by atoms with Crippen molar-refractivity contribution in [3.8, 4) is 22.9 Å². The maximum Gasteiger partial charge on any atom is 0.339 e. The number of methoxy groups -OCH3 is 1. The number of benzene rings is 1. The molecular formula is C20H18N4O3. The molecule has 7 nitrogen and oxygen atoms in total. The highest BCUT2D eigenvalue weighted by atomic mass is 16.5. The molecule has 0 saturated carbocycles. The largest absolute Gasteiger partial charge is 0.507 e. The highest BCUT2D eigenvalue weighted by Crippen LogP contribution is 2.31. The first-order chi connectivity index (χ1) is 12.9. The molecule has 0 radical (unpaired) electrons.